The Morgan fingerprint density at radius 2 is 2.25 bits per heavy atom. The van der Waals surface area contributed by atoms with E-state index < -0.39 is 0 Å². The molecule has 0 aromatic carbocycles. The molecule has 0 saturated carbocycles. The molecule has 0 spiro atoms. The van der Waals surface area contributed by atoms with Crippen molar-refractivity contribution in [1.29, 1.82) is 0 Å². The molecule has 0 aromatic heterocycles. The van der Waals surface area contributed by atoms with Gasteiger partial charge in [-0.3, -0.25) is 0 Å². The summed E-state index contributed by atoms with van der Waals surface area (Å²) in [5.41, 5.74) is 0. The summed E-state index contributed by atoms with van der Waals surface area (Å²) in [5, 5.41) is 12.4. The Bertz CT molecular complexity index is 170. The molecule has 1 saturated heterocycles. The van der Waals surface area contributed by atoms with Gasteiger partial charge in [-0.25, -0.2) is 0 Å². The Hall–Kier alpha value is -0.160. The fraction of sp³-hybridized carbons (Fsp3) is 1.00. The third-order valence-electron chi connectivity index (χ3n) is 2.69. The summed E-state index contributed by atoms with van der Waals surface area (Å²) < 4.78 is 11.1. The minimum Gasteiger partial charge on any atom is -0.395 e. The van der Waals surface area contributed by atoms with Gasteiger partial charge in [0.05, 0.1) is 32.0 Å². The van der Waals surface area contributed by atoms with Crippen LogP contribution in [0.15, 0.2) is 0 Å². The van der Waals surface area contributed by atoms with Crippen LogP contribution in [0.5, 0.6) is 0 Å². The van der Waals surface area contributed by atoms with Gasteiger partial charge in [0.2, 0.25) is 0 Å². The van der Waals surface area contributed by atoms with Crippen molar-refractivity contribution in [3.05, 3.63) is 0 Å². The summed E-state index contributed by atoms with van der Waals surface area (Å²) in [6, 6.07) is 0.398. The van der Waals surface area contributed by atoms with E-state index in [1.807, 2.05) is 0 Å². The molecule has 2 atom stereocenters. The first-order valence-corrected chi connectivity index (χ1v) is 6.28. The molecule has 96 valence electrons. The topological polar surface area (TPSA) is 50.7 Å². The fourth-order valence-electron chi connectivity index (χ4n) is 1.91. The highest BCUT2D eigenvalue weighted by molar-refractivity contribution is 4.68. The first-order chi connectivity index (χ1) is 7.72. The maximum Gasteiger partial charge on any atom is 0.0808 e. The van der Waals surface area contributed by atoms with Crippen LogP contribution in [-0.4, -0.2) is 49.7 Å². The van der Waals surface area contributed by atoms with Crippen LogP contribution in [0.3, 0.4) is 0 Å². The van der Waals surface area contributed by atoms with Gasteiger partial charge in [0, 0.05) is 12.6 Å². The molecule has 4 nitrogen and oxygen atoms in total. The smallest absolute Gasteiger partial charge is 0.0808 e. The van der Waals surface area contributed by atoms with Crippen LogP contribution in [0.1, 0.15) is 33.1 Å². The molecule has 0 aliphatic carbocycles. The van der Waals surface area contributed by atoms with Crippen molar-refractivity contribution in [1.82, 2.24) is 5.32 Å². The monoisotopic (exact) mass is 231 g/mol. The van der Waals surface area contributed by atoms with E-state index >= 15 is 0 Å². The van der Waals surface area contributed by atoms with E-state index in [2.05, 4.69) is 19.2 Å². The van der Waals surface area contributed by atoms with Gasteiger partial charge in [0.15, 0.2) is 0 Å². The molecule has 1 aliphatic heterocycles. The van der Waals surface area contributed by atoms with Crippen LogP contribution in [0.2, 0.25) is 0 Å². The average molecular weight is 231 g/mol. The zero-order chi connectivity index (χ0) is 11.8. The lowest BCUT2D eigenvalue weighted by Gasteiger charge is -2.24. The molecule has 1 heterocycles. The third kappa shape index (κ3) is 5.80. The second kappa shape index (κ2) is 8.01. The predicted octanol–water partition coefficient (Wildman–Crippen LogP) is 0.931. The highest BCUT2D eigenvalue weighted by atomic mass is 16.5. The van der Waals surface area contributed by atoms with Crippen LogP contribution < -0.4 is 5.32 Å². The fourth-order valence-corrected chi connectivity index (χ4v) is 1.91. The van der Waals surface area contributed by atoms with E-state index in [1.165, 1.54) is 12.8 Å². The summed E-state index contributed by atoms with van der Waals surface area (Å²) >= 11 is 0. The van der Waals surface area contributed by atoms with E-state index in [9.17, 15) is 0 Å². The van der Waals surface area contributed by atoms with Gasteiger partial charge in [0.1, 0.15) is 0 Å². The maximum atomic E-state index is 9.14. The summed E-state index contributed by atoms with van der Waals surface area (Å²) in [5.74, 6) is 0. The lowest BCUT2D eigenvalue weighted by Crippen LogP contribution is -2.41. The summed E-state index contributed by atoms with van der Waals surface area (Å²) in [7, 11) is 0. The summed E-state index contributed by atoms with van der Waals surface area (Å²) in [6.45, 7) is 6.30. The van der Waals surface area contributed by atoms with Crippen molar-refractivity contribution in [3.63, 3.8) is 0 Å². The molecule has 1 fully saturated rings. The lowest BCUT2D eigenvalue weighted by molar-refractivity contribution is -0.0465. The summed E-state index contributed by atoms with van der Waals surface area (Å²) in [6.07, 6.45) is 3.76. The maximum absolute atomic E-state index is 9.14. The largest absolute Gasteiger partial charge is 0.395 e. The molecule has 2 N–H and O–H groups in total. The third-order valence-corrected chi connectivity index (χ3v) is 2.69. The molecule has 16 heavy (non-hydrogen) atoms. The van der Waals surface area contributed by atoms with Gasteiger partial charge in [-0.2, -0.15) is 0 Å². The molecule has 1 rings (SSSR count). The summed E-state index contributed by atoms with van der Waals surface area (Å²) in [4.78, 5) is 0. The number of hydrogen-bond acceptors (Lipinski definition) is 4. The number of aliphatic hydroxyl groups is 1. The van der Waals surface area contributed by atoms with Crippen LogP contribution in [0, 0.1) is 0 Å². The van der Waals surface area contributed by atoms with Gasteiger partial charge < -0.3 is 19.9 Å². The Labute approximate surface area is 98.3 Å². The van der Waals surface area contributed by atoms with Crippen molar-refractivity contribution in [2.45, 2.75) is 51.3 Å². The first kappa shape index (κ1) is 13.9. The molecule has 0 amide bonds. The van der Waals surface area contributed by atoms with Crippen LogP contribution in [-0.2, 0) is 9.47 Å². The quantitative estimate of drug-likeness (QED) is 0.684. The minimum absolute atomic E-state index is 0.0311. The zero-order valence-electron chi connectivity index (χ0n) is 10.4. The van der Waals surface area contributed by atoms with Crippen molar-refractivity contribution in [2.75, 3.05) is 26.4 Å². The van der Waals surface area contributed by atoms with Crippen molar-refractivity contribution < 1.29 is 14.6 Å². The first-order valence-electron chi connectivity index (χ1n) is 6.28. The number of rotatable bonds is 7. The van der Waals surface area contributed by atoms with Crippen LogP contribution >= 0.6 is 0 Å². The van der Waals surface area contributed by atoms with E-state index in [4.69, 9.17) is 14.6 Å². The Kier molecular flexibility index (Phi) is 6.96. The number of aliphatic hydroxyl groups excluding tert-OH is 1. The SMILES string of the molecule is CC(C)NC(CO)COCC1CCCCO1. The molecular weight excluding hydrogens is 206 g/mol. The van der Waals surface area contributed by atoms with Crippen molar-refractivity contribution >= 4 is 0 Å². The molecule has 0 bridgehead atoms. The second-order valence-corrected chi connectivity index (χ2v) is 4.73. The van der Waals surface area contributed by atoms with Crippen molar-refractivity contribution in [2.24, 2.45) is 0 Å². The molecule has 0 radical (unpaired) electrons. The number of nitrogens with one attached hydrogen (secondary N) is 1. The van der Waals surface area contributed by atoms with Gasteiger partial charge >= 0.3 is 0 Å². The number of ether oxygens (including phenoxy) is 2. The molecular formula is C12H25NO3. The van der Waals surface area contributed by atoms with Gasteiger partial charge in [-0.05, 0) is 19.3 Å². The second-order valence-electron chi connectivity index (χ2n) is 4.73. The molecule has 0 aromatic rings. The van der Waals surface area contributed by atoms with E-state index in [1.54, 1.807) is 0 Å². The molecule has 2 unspecified atom stereocenters. The van der Waals surface area contributed by atoms with Gasteiger partial charge in [0.25, 0.3) is 0 Å². The van der Waals surface area contributed by atoms with E-state index in [-0.39, 0.29) is 18.8 Å². The predicted molar refractivity (Wildman–Crippen MR) is 63.6 cm³/mol. The van der Waals surface area contributed by atoms with Gasteiger partial charge in [-0.15, -0.1) is 0 Å². The van der Waals surface area contributed by atoms with Gasteiger partial charge in [-0.1, -0.05) is 13.8 Å². The van der Waals surface area contributed by atoms with Crippen LogP contribution in [0.4, 0.5) is 0 Å². The highest BCUT2D eigenvalue weighted by Gasteiger charge is 2.15. The Morgan fingerprint density at radius 1 is 1.44 bits per heavy atom. The minimum atomic E-state index is 0.0311. The van der Waals surface area contributed by atoms with Crippen molar-refractivity contribution in [3.8, 4) is 0 Å². The average Bonchev–Trinajstić information content (AvgIpc) is 2.28. The van der Waals surface area contributed by atoms with E-state index in [0.29, 0.717) is 19.3 Å². The molecule has 1 aliphatic rings. The highest BCUT2D eigenvalue weighted by Crippen LogP contribution is 2.12. The Morgan fingerprint density at radius 3 is 2.81 bits per heavy atom. The van der Waals surface area contributed by atoms with Crippen LogP contribution in [0.25, 0.3) is 0 Å². The standard InChI is InChI=1S/C12H25NO3/c1-10(2)13-11(7-14)8-15-9-12-5-3-4-6-16-12/h10-14H,3-9H2,1-2H3. The Balaban J connectivity index is 2.07. The zero-order valence-corrected chi connectivity index (χ0v) is 10.4. The lowest BCUT2D eigenvalue weighted by atomic mass is 10.1. The normalized spacial score (nSPS) is 23.6. The number of hydrogen-bond donors (Lipinski definition) is 2. The molecule has 4 heteroatoms. The van der Waals surface area contributed by atoms with E-state index in [0.717, 1.165) is 13.0 Å².